The summed E-state index contributed by atoms with van der Waals surface area (Å²) < 4.78 is 57.8. The zero-order valence-electron chi connectivity index (χ0n) is 14.8. The van der Waals surface area contributed by atoms with Crippen LogP contribution in [-0.2, 0) is 15.7 Å². The van der Waals surface area contributed by atoms with Crippen LogP contribution in [0.1, 0.15) is 32.8 Å². The molecule has 5 nitrogen and oxygen atoms in total. The number of amides is 1. The van der Waals surface area contributed by atoms with Gasteiger partial charge in [-0.1, -0.05) is 0 Å². The van der Waals surface area contributed by atoms with Crippen molar-refractivity contribution < 1.29 is 37.0 Å². The lowest BCUT2D eigenvalue weighted by atomic mass is 10.2. The number of aliphatic carboxylic acids is 1. The largest absolute Gasteiger partial charge is 0.480 e. The molecule has 27 heavy (non-hydrogen) atoms. The molecule has 10 heteroatoms. The van der Waals surface area contributed by atoms with E-state index in [1.54, 1.807) is 20.8 Å². The second-order valence-corrected chi connectivity index (χ2v) is 8.44. The van der Waals surface area contributed by atoms with Crippen LogP contribution in [0.2, 0.25) is 0 Å². The molecule has 1 aliphatic heterocycles. The van der Waals surface area contributed by atoms with Crippen LogP contribution in [0.5, 0.6) is 0 Å². The lowest BCUT2D eigenvalue weighted by Crippen LogP contribution is -2.43. The van der Waals surface area contributed by atoms with Crippen molar-refractivity contribution in [1.82, 2.24) is 4.90 Å². The number of likely N-dealkylation sites (tertiary alicyclic amines) is 1. The molecule has 0 radical (unpaired) electrons. The van der Waals surface area contributed by atoms with Gasteiger partial charge in [0, 0.05) is 16.7 Å². The van der Waals surface area contributed by atoms with E-state index in [4.69, 9.17) is 4.74 Å². The lowest BCUT2D eigenvalue weighted by Gasteiger charge is -2.26. The van der Waals surface area contributed by atoms with Gasteiger partial charge in [-0.2, -0.15) is 13.2 Å². The maximum atomic E-state index is 13.2. The zero-order chi connectivity index (χ0) is 20.6. The van der Waals surface area contributed by atoms with Crippen molar-refractivity contribution >= 4 is 23.8 Å². The summed E-state index contributed by atoms with van der Waals surface area (Å²) in [7, 11) is 0. The molecule has 1 aromatic rings. The normalized spacial score (nSPS) is 20.6. The molecule has 0 aromatic heterocycles. The van der Waals surface area contributed by atoms with E-state index >= 15 is 0 Å². The molecule has 0 unspecified atom stereocenters. The van der Waals surface area contributed by atoms with Crippen molar-refractivity contribution in [2.45, 2.75) is 55.2 Å². The molecule has 2 atom stereocenters. The first kappa shape index (κ1) is 21.3. The Morgan fingerprint density at radius 1 is 1.26 bits per heavy atom. The fourth-order valence-corrected chi connectivity index (χ4v) is 3.97. The van der Waals surface area contributed by atoms with E-state index in [9.17, 15) is 32.3 Å². The van der Waals surface area contributed by atoms with Crippen molar-refractivity contribution in [3.63, 3.8) is 0 Å². The smallest absolute Gasteiger partial charge is 0.417 e. The number of rotatable bonds is 3. The molecule has 1 heterocycles. The Hall–Kier alpha value is -1.97. The van der Waals surface area contributed by atoms with Crippen LogP contribution < -0.4 is 0 Å². The fraction of sp³-hybridized carbons (Fsp3) is 0.529. The van der Waals surface area contributed by atoms with E-state index in [0.717, 1.165) is 28.8 Å². The van der Waals surface area contributed by atoms with E-state index in [2.05, 4.69) is 0 Å². The lowest BCUT2D eigenvalue weighted by molar-refractivity contribution is -0.142. The Kier molecular flexibility index (Phi) is 5.98. The molecule has 150 valence electrons. The second-order valence-electron chi connectivity index (χ2n) is 7.10. The van der Waals surface area contributed by atoms with E-state index in [0.29, 0.717) is 6.07 Å². The van der Waals surface area contributed by atoms with Gasteiger partial charge in [-0.25, -0.2) is 14.0 Å². The number of halogens is 4. The van der Waals surface area contributed by atoms with Crippen molar-refractivity contribution in [2.75, 3.05) is 6.54 Å². The highest BCUT2D eigenvalue weighted by Crippen LogP contribution is 2.41. The molecule has 1 aromatic carbocycles. The summed E-state index contributed by atoms with van der Waals surface area (Å²) in [6, 6.07) is 1.12. The number of carbonyl (C=O) groups is 2. The van der Waals surface area contributed by atoms with Gasteiger partial charge in [-0.05, 0) is 45.4 Å². The van der Waals surface area contributed by atoms with Crippen molar-refractivity contribution in [3.05, 3.63) is 29.6 Å². The number of carboxylic acid groups (broad SMARTS) is 1. The summed E-state index contributed by atoms with van der Waals surface area (Å²) >= 11 is 0.774. The van der Waals surface area contributed by atoms with E-state index in [1.165, 1.54) is 0 Å². The SMILES string of the molecule is CC(C)(C)OC(=O)N1C[C@H](Sc2ccc(F)cc2C(F)(F)F)C[C@H]1C(=O)O. The van der Waals surface area contributed by atoms with Crippen LogP contribution in [0.15, 0.2) is 23.1 Å². The highest BCUT2D eigenvalue weighted by molar-refractivity contribution is 8.00. The van der Waals surface area contributed by atoms with Crippen LogP contribution in [0, 0.1) is 5.82 Å². The molecular formula is C17H19F4NO4S. The Bertz CT molecular complexity index is 733. The Morgan fingerprint density at radius 3 is 2.41 bits per heavy atom. The van der Waals surface area contributed by atoms with Crippen molar-refractivity contribution in [1.29, 1.82) is 0 Å². The number of hydrogen-bond donors (Lipinski definition) is 1. The number of carbonyl (C=O) groups excluding carboxylic acids is 1. The molecule has 2 rings (SSSR count). The molecule has 0 bridgehead atoms. The van der Waals surface area contributed by atoms with Crippen LogP contribution in [0.3, 0.4) is 0 Å². The van der Waals surface area contributed by atoms with Gasteiger partial charge in [-0.15, -0.1) is 11.8 Å². The quantitative estimate of drug-likeness (QED) is 0.750. The highest BCUT2D eigenvalue weighted by atomic mass is 32.2. The number of benzene rings is 1. The van der Waals surface area contributed by atoms with Crippen molar-refractivity contribution in [3.8, 4) is 0 Å². The summed E-state index contributed by atoms with van der Waals surface area (Å²) in [5, 5.41) is 8.74. The number of carboxylic acids is 1. The molecule has 0 spiro atoms. The number of nitrogens with zero attached hydrogens (tertiary/aromatic N) is 1. The first-order chi connectivity index (χ1) is 12.3. The first-order valence-corrected chi connectivity index (χ1v) is 8.91. The minimum atomic E-state index is -4.75. The maximum absolute atomic E-state index is 13.2. The van der Waals surface area contributed by atoms with Gasteiger partial charge >= 0.3 is 18.2 Å². The molecule has 0 aliphatic carbocycles. The Morgan fingerprint density at radius 2 is 1.89 bits per heavy atom. The molecular weight excluding hydrogens is 390 g/mol. The molecule has 1 aliphatic rings. The van der Waals surface area contributed by atoms with Gasteiger partial charge < -0.3 is 9.84 Å². The zero-order valence-corrected chi connectivity index (χ0v) is 15.7. The average molecular weight is 409 g/mol. The van der Waals surface area contributed by atoms with E-state index in [1.807, 2.05) is 0 Å². The monoisotopic (exact) mass is 409 g/mol. The van der Waals surface area contributed by atoms with Gasteiger partial charge in [-0.3, -0.25) is 4.90 Å². The molecule has 1 fully saturated rings. The first-order valence-electron chi connectivity index (χ1n) is 8.04. The molecule has 0 saturated carbocycles. The third-order valence-electron chi connectivity index (χ3n) is 3.72. The summed E-state index contributed by atoms with van der Waals surface area (Å²) in [6.45, 7) is 4.77. The fourth-order valence-electron chi connectivity index (χ4n) is 2.65. The molecule has 1 N–H and O–H groups in total. The van der Waals surface area contributed by atoms with Gasteiger partial charge in [0.1, 0.15) is 17.5 Å². The maximum Gasteiger partial charge on any atom is 0.417 e. The van der Waals surface area contributed by atoms with E-state index < -0.39 is 46.5 Å². The minimum Gasteiger partial charge on any atom is -0.480 e. The standard InChI is InChI=1S/C17H19F4NO4S/c1-16(2,3)26-15(25)22-8-10(7-12(22)14(23)24)27-13-5-4-9(18)6-11(13)17(19,20)21/h4-6,10,12H,7-8H2,1-3H3,(H,23,24)/t10-,12+/m1/s1. The van der Waals surface area contributed by atoms with Crippen LogP contribution in [-0.4, -0.2) is 45.5 Å². The highest BCUT2D eigenvalue weighted by Gasteiger charge is 2.43. The topological polar surface area (TPSA) is 66.8 Å². The predicted molar refractivity (Wildman–Crippen MR) is 90.0 cm³/mol. The number of thioether (sulfide) groups is 1. The summed E-state index contributed by atoms with van der Waals surface area (Å²) in [4.78, 5) is 24.5. The molecule has 1 saturated heterocycles. The summed E-state index contributed by atoms with van der Waals surface area (Å²) in [5.41, 5.74) is -1.97. The number of hydrogen-bond acceptors (Lipinski definition) is 4. The Balaban J connectivity index is 2.22. The number of ether oxygens (including phenoxy) is 1. The minimum absolute atomic E-state index is 0.0477. The van der Waals surface area contributed by atoms with Gasteiger partial charge in [0.2, 0.25) is 0 Å². The average Bonchev–Trinajstić information content (AvgIpc) is 2.90. The number of alkyl halides is 3. The van der Waals surface area contributed by atoms with E-state index in [-0.39, 0.29) is 17.9 Å². The predicted octanol–water partition coefficient (Wildman–Crippen LogP) is 4.40. The third-order valence-corrected chi connectivity index (χ3v) is 5.00. The second kappa shape index (κ2) is 7.57. The third kappa shape index (κ3) is 5.50. The van der Waals surface area contributed by atoms with Gasteiger partial charge in [0.05, 0.1) is 5.56 Å². The van der Waals surface area contributed by atoms with Crippen molar-refractivity contribution in [2.24, 2.45) is 0 Å². The van der Waals surface area contributed by atoms with Crippen LogP contribution in [0.25, 0.3) is 0 Å². The summed E-state index contributed by atoms with van der Waals surface area (Å²) in [5.74, 6) is -2.28. The van der Waals surface area contributed by atoms with Gasteiger partial charge in [0.15, 0.2) is 0 Å². The molecule has 1 amide bonds. The summed E-state index contributed by atoms with van der Waals surface area (Å²) in [6.07, 6.45) is -5.64. The van der Waals surface area contributed by atoms with Crippen LogP contribution >= 0.6 is 11.8 Å². The van der Waals surface area contributed by atoms with Gasteiger partial charge in [0.25, 0.3) is 0 Å². The Labute approximate surface area is 157 Å². The van der Waals surface area contributed by atoms with Crippen LogP contribution in [0.4, 0.5) is 22.4 Å².